The van der Waals surface area contributed by atoms with Crippen molar-refractivity contribution >= 4 is 57.4 Å². The average molecular weight is 413 g/mol. The molecule has 0 aromatic carbocycles. The summed E-state index contributed by atoms with van der Waals surface area (Å²) in [6.45, 7) is 2.49. The number of nitrogens with zero attached hydrogens (tertiary/aromatic N) is 1. The molecule has 1 aromatic rings. The predicted molar refractivity (Wildman–Crippen MR) is 106 cm³/mol. The summed E-state index contributed by atoms with van der Waals surface area (Å²) < 4.78 is 5.64. The van der Waals surface area contributed by atoms with Gasteiger partial charge < -0.3 is 10.1 Å². The van der Waals surface area contributed by atoms with Gasteiger partial charge in [-0.1, -0.05) is 30.9 Å². The van der Waals surface area contributed by atoms with Crippen LogP contribution in [0.1, 0.15) is 33.5 Å². The molecule has 1 aromatic heterocycles. The highest BCUT2D eigenvalue weighted by Crippen LogP contribution is 2.32. The Morgan fingerprint density at radius 3 is 3.00 bits per heavy atom. The van der Waals surface area contributed by atoms with Crippen molar-refractivity contribution < 1.29 is 19.1 Å². The van der Waals surface area contributed by atoms with Crippen molar-refractivity contribution in [2.75, 3.05) is 25.4 Å². The van der Waals surface area contributed by atoms with Crippen molar-refractivity contribution in [3.63, 3.8) is 0 Å². The number of amides is 2. The van der Waals surface area contributed by atoms with E-state index in [-0.39, 0.29) is 19.1 Å². The molecule has 140 valence electrons. The van der Waals surface area contributed by atoms with E-state index in [1.807, 2.05) is 6.07 Å². The van der Waals surface area contributed by atoms with Gasteiger partial charge in [0, 0.05) is 18.0 Å². The summed E-state index contributed by atoms with van der Waals surface area (Å²) in [5.41, 5.74) is 1.23. The summed E-state index contributed by atoms with van der Waals surface area (Å²) in [5.74, 6) is 0.101. The second-order valence-corrected chi connectivity index (χ2v) is 9.18. The minimum atomic E-state index is -0.459. The highest BCUT2D eigenvalue weighted by molar-refractivity contribution is 8.23. The van der Waals surface area contributed by atoms with Gasteiger partial charge in [0.1, 0.15) is 9.20 Å². The minimum Gasteiger partial charge on any atom is -0.451 e. The van der Waals surface area contributed by atoms with Crippen molar-refractivity contribution in [2.24, 2.45) is 5.92 Å². The molecule has 2 amide bonds. The van der Waals surface area contributed by atoms with Crippen molar-refractivity contribution in [1.82, 2.24) is 10.2 Å². The van der Waals surface area contributed by atoms with Crippen LogP contribution in [0, 0.1) is 5.92 Å². The molecule has 0 radical (unpaired) electrons. The predicted octanol–water partition coefficient (Wildman–Crippen LogP) is 2.01. The summed E-state index contributed by atoms with van der Waals surface area (Å²) in [7, 11) is 0. The maximum atomic E-state index is 12.2. The molecule has 1 fully saturated rings. The fourth-order valence-electron chi connectivity index (χ4n) is 2.96. The molecule has 1 saturated heterocycles. The molecule has 26 heavy (non-hydrogen) atoms. The Morgan fingerprint density at radius 2 is 2.27 bits per heavy atom. The highest BCUT2D eigenvalue weighted by atomic mass is 32.2. The molecule has 3 rings (SSSR count). The maximum Gasteiger partial charge on any atom is 0.348 e. The molecule has 6 nitrogen and oxygen atoms in total. The van der Waals surface area contributed by atoms with E-state index in [9.17, 15) is 14.4 Å². The van der Waals surface area contributed by atoms with Crippen LogP contribution in [-0.2, 0) is 27.2 Å². The summed E-state index contributed by atoms with van der Waals surface area (Å²) in [6.07, 6.45) is 3.14. The lowest BCUT2D eigenvalue weighted by Gasteiger charge is -2.16. The Hall–Kier alpha value is -1.45. The number of thiocarbonyl (C=S) groups is 1. The fraction of sp³-hybridized carbons (Fsp3) is 0.529. The number of rotatable bonds is 6. The van der Waals surface area contributed by atoms with Crippen LogP contribution in [0.2, 0.25) is 0 Å². The van der Waals surface area contributed by atoms with E-state index in [2.05, 4.69) is 12.2 Å². The van der Waals surface area contributed by atoms with Crippen molar-refractivity contribution in [3.8, 4) is 0 Å². The number of hydrogen-bond acceptors (Lipinski definition) is 7. The van der Waals surface area contributed by atoms with Gasteiger partial charge >= 0.3 is 5.97 Å². The standard InChI is InChI=1S/C17H20N2O4S3/c1-10-2-3-12-11(6-10)7-13(26-12)16(22)23-8-14(20)18-4-5-19-15(21)9-25-17(19)24/h7,10H,2-6,8-9H2,1H3,(H,18,20)/t10-/m1/s1. The van der Waals surface area contributed by atoms with Gasteiger partial charge in [-0.3, -0.25) is 14.5 Å². The van der Waals surface area contributed by atoms with Gasteiger partial charge in [0.15, 0.2) is 6.61 Å². The Balaban J connectivity index is 1.41. The first kappa shape index (κ1) is 19.3. The summed E-state index contributed by atoms with van der Waals surface area (Å²) in [4.78, 5) is 38.8. The van der Waals surface area contributed by atoms with Crippen LogP contribution >= 0.6 is 35.3 Å². The first-order chi connectivity index (χ1) is 12.4. The lowest BCUT2D eigenvalue weighted by atomic mass is 9.90. The second kappa shape index (κ2) is 8.49. The molecular weight excluding hydrogens is 392 g/mol. The van der Waals surface area contributed by atoms with E-state index in [0.717, 1.165) is 19.3 Å². The van der Waals surface area contributed by atoms with E-state index in [4.69, 9.17) is 17.0 Å². The van der Waals surface area contributed by atoms with E-state index in [1.165, 1.54) is 38.4 Å². The molecule has 0 unspecified atom stereocenters. The smallest absolute Gasteiger partial charge is 0.348 e. The molecule has 0 spiro atoms. The number of ether oxygens (including phenoxy) is 1. The van der Waals surface area contributed by atoms with Gasteiger partial charge in [0.2, 0.25) is 5.91 Å². The molecule has 1 atom stereocenters. The first-order valence-corrected chi connectivity index (χ1v) is 10.7. The number of thioether (sulfide) groups is 1. The van der Waals surface area contributed by atoms with Crippen molar-refractivity contribution in [3.05, 3.63) is 21.4 Å². The largest absolute Gasteiger partial charge is 0.451 e. The number of thiophene rings is 1. The molecule has 0 saturated carbocycles. The molecule has 0 bridgehead atoms. The van der Waals surface area contributed by atoms with Crippen LogP contribution < -0.4 is 5.32 Å². The van der Waals surface area contributed by atoms with E-state index in [1.54, 1.807) is 0 Å². The monoisotopic (exact) mass is 412 g/mol. The number of aryl methyl sites for hydroxylation is 1. The highest BCUT2D eigenvalue weighted by Gasteiger charge is 2.26. The first-order valence-electron chi connectivity index (χ1n) is 8.46. The topological polar surface area (TPSA) is 75.7 Å². The van der Waals surface area contributed by atoms with Crippen LogP contribution in [0.3, 0.4) is 0 Å². The third-order valence-electron chi connectivity index (χ3n) is 4.36. The van der Waals surface area contributed by atoms with Crippen LogP contribution in [0.15, 0.2) is 6.07 Å². The zero-order valence-corrected chi connectivity index (χ0v) is 16.9. The second-order valence-electron chi connectivity index (χ2n) is 6.43. The molecule has 1 N–H and O–H groups in total. The van der Waals surface area contributed by atoms with Gasteiger partial charge in [0.05, 0.1) is 5.75 Å². The number of esters is 1. The van der Waals surface area contributed by atoms with E-state index in [0.29, 0.717) is 27.4 Å². The number of carbonyl (C=O) groups excluding carboxylic acids is 3. The zero-order chi connectivity index (χ0) is 18.7. The Labute approximate surface area is 165 Å². The van der Waals surface area contributed by atoms with E-state index >= 15 is 0 Å². The Morgan fingerprint density at radius 1 is 1.46 bits per heavy atom. The minimum absolute atomic E-state index is 0.0448. The van der Waals surface area contributed by atoms with Gasteiger partial charge in [0.25, 0.3) is 5.91 Å². The summed E-state index contributed by atoms with van der Waals surface area (Å²) in [5, 5.41) is 2.64. The van der Waals surface area contributed by atoms with Crippen LogP contribution in [0.25, 0.3) is 0 Å². The Bertz CT molecular complexity index is 730. The quantitative estimate of drug-likeness (QED) is 0.569. The van der Waals surface area contributed by atoms with Gasteiger partial charge in [-0.25, -0.2) is 4.79 Å². The van der Waals surface area contributed by atoms with Gasteiger partial charge in [-0.05, 0) is 36.8 Å². The third-order valence-corrected chi connectivity index (χ3v) is 7.01. The number of nitrogens with one attached hydrogen (secondary N) is 1. The zero-order valence-electron chi connectivity index (χ0n) is 14.4. The van der Waals surface area contributed by atoms with Crippen LogP contribution in [-0.4, -0.2) is 52.5 Å². The van der Waals surface area contributed by atoms with Gasteiger partial charge in [-0.2, -0.15) is 0 Å². The molecule has 2 heterocycles. The third kappa shape index (κ3) is 4.63. The molecule has 2 aliphatic rings. The Kier molecular flexibility index (Phi) is 6.31. The number of carbonyl (C=O) groups is 3. The lowest BCUT2D eigenvalue weighted by molar-refractivity contribution is -0.126. The average Bonchev–Trinajstić information content (AvgIpc) is 3.17. The molecule has 1 aliphatic carbocycles. The number of hydrogen-bond donors (Lipinski definition) is 1. The van der Waals surface area contributed by atoms with E-state index < -0.39 is 11.9 Å². The normalized spacial score (nSPS) is 19.4. The molecule has 1 aliphatic heterocycles. The lowest BCUT2D eigenvalue weighted by Crippen LogP contribution is -2.38. The number of fused-ring (bicyclic) bond motifs is 1. The van der Waals surface area contributed by atoms with Gasteiger partial charge in [-0.15, -0.1) is 11.3 Å². The van der Waals surface area contributed by atoms with Crippen LogP contribution in [0.4, 0.5) is 0 Å². The SMILES string of the molecule is C[C@@H]1CCc2sc(C(=O)OCC(=O)NCCN3C(=O)CSC3=S)cc2C1. The summed E-state index contributed by atoms with van der Waals surface area (Å²) >= 11 is 7.85. The molecule has 9 heteroatoms. The maximum absolute atomic E-state index is 12.2. The molecular formula is C17H20N2O4S3. The summed E-state index contributed by atoms with van der Waals surface area (Å²) in [6, 6.07) is 1.90. The fourth-order valence-corrected chi connectivity index (χ4v) is 5.19. The van der Waals surface area contributed by atoms with Crippen molar-refractivity contribution in [2.45, 2.75) is 26.2 Å². The van der Waals surface area contributed by atoms with Crippen LogP contribution in [0.5, 0.6) is 0 Å². The van der Waals surface area contributed by atoms with Crippen molar-refractivity contribution in [1.29, 1.82) is 0 Å².